The van der Waals surface area contributed by atoms with Crippen molar-refractivity contribution in [1.29, 1.82) is 0 Å². The number of hydrogen-bond acceptors (Lipinski definition) is 4. The number of nitrogens with one attached hydrogen (secondary N) is 1. The minimum atomic E-state index is -0.245. The highest BCUT2D eigenvalue weighted by Crippen LogP contribution is 2.34. The van der Waals surface area contributed by atoms with Crippen molar-refractivity contribution in [3.8, 4) is 5.75 Å². The Balaban J connectivity index is 1.52. The monoisotopic (exact) mass is 361 g/mol. The van der Waals surface area contributed by atoms with Gasteiger partial charge in [0, 0.05) is 23.5 Å². The van der Waals surface area contributed by atoms with Crippen molar-refractivity contribution >= 4 is 11.0 Å². The summed E-state index contributed by atoms with van der Waals surface area (Å²) >= 11 is 0. The van der Waals surface area contributed by atoms with Crippen molar-refractivity contribution in [2.24, 2.45) is 0 Å². The van der Waals surface area contributed by atoms with E-state index in [4.69, 9.17) is 4.42 Å². The molecular formula is C23H23NO3. The third kappa shape index (κ3) is 2.76. The Hall–Kier alpha value is -2.59. The van der Waals surface area contributed by atoms with Crippen LogP contribution in [-0.4, -0.2) is 5.11 Å². The molecule has 2 aliphatic carbocycles. The Morgan fingerprint density at radius 1 is 1.04 bits per heavy atom. The first-order chi connectivity index (χ1) is 13.2. The molecule has 1 atom stereocenters. The predicted octanol–water partition coefficient (Wildman–Crippen LogP) is 4.15. The maximum absolute atomic E-state index is 12.4. The molecule has 1 aromatic heterocycles. The molecule has 0 fully saturated rings. The standard InChI is InChI=1S/C23H23NO3/c25-21-12-11-17-16-8-4-9-18(16)23(26)27-22(17)19(21)13-24-20-10-3-6-14-5-1-2-7-15(14)20/h1-2,5,7,11-12,20,24-25H,3-4,6,8-10,13H2/t20-/m0/s1. The second-order valence-corrected chi connectivity index (χ2v) is 7.66. The van der Waals surface area contributed by atoms with Gasteiger partial charge >= 0.3 is 5.63 Å². The van der Waals surface area contributed by atoms with Crippen molar-refractivity contribution in [1.82, 2.24) is 5.32 Å². The van der Waals surface area contributed by atoms with Gasteiger partial charge in [-0.15, -0.1) is 0 Å². The van der Waals surface area contributed by atoms with Gasteiger partial charge < -0.3 is 14.8 Å². The van der Waals surface area contributed by atoms with Crippen LogP contribution in [0.25, 0.3) is 11.0 Å². The fraction of sp³-hybridized carbons (Fsp3) is 0.348. The molecule has 4 heteroatoms. The van der Waals surface area contributed by atoms with E-state index in [9.17, 15) is 9.90 Å². The Bertz CT molecular complexity index is 1080. The molecule has 0 aliphatic heterocycles. The van der Waals surface area contributed by atoms with Crippen LogP contribution in [0.3, 0.4) is 0 Å². The minimum absolute atomic E-state index is 0.181. The summed E-state index contributed by atoms with van der Waals surface area (Å²) in [5.41, 5.74) is 5.63. The summed E-state index contributed by atoms with van der Waals surface area (Å²) in [6.07, 6.45) is 6.04. The van der Waals surface area contributed by atoms with Crippen LogP contribution in [0.15, 0.2) is 45.6 Å². The lowest BCUT2D eigenvalue weighted by Gasteiger charge is -2.26. The summed E-state index contributed by atoms with van der Waals surface area (Å²) in [6, 6.07) is 12.4. The number of fused-ring (bicyclic) bond motifs is 4. The first-order valence-electron chi connectivity index (χ1n) is 9.83. The fourth-order valence-corrected chi connectivity index (χ4v) is 4.75. The molecule has 2 aliphatic rings. The van der Waals surface area contributed by atoms with Gasteiger partial charge in [0.05, 0.1) is 5.56 Å². The third-order valence-electron chi connectivity index (χ3n) is 6.11. The summed E-state index contributed by atoms with van der Waals surface area (Å²) < 4.78 is 5.67. The van der Waals surface area contributed by atoms with Gasteiger partial charge in [0.2, 0.25) is 0 Å². The molecule has 1 heterocycles. The molecule has 0 bridgehead atoms. The van der Waals surface area contributed by atoms with Gasteiger partial charge in [0.1, 0.15) is 11.3 Å². The van der Waals surface area contributed by atoms with E-state index in [2.05, 4.69) is 29.6 Å². The molecular weight excluding hydrogens is 338 g/mol. The Kier molecular flexibility index (Phi) is 4.01. The van der Waals surface area contributed by atoms with Gasteiger partial charge in [0.15, 0.2) is 0 Å². The smallest absolute Gasteiger partial charge is 0.339 e. The predicted molar refractivity (Wildman–Crippen MR) is 105 cm³/mol. The molecule has 0 unspecified atom stereocenters. The summed E-state index contributed by atoms with van der Waals surface area (Å²) in [5, 5.41) is 15.0. The van der Waals surface area contributed by atoms with E-state index in [1.807, 2.05) is 6.07 Å². The Morgan fingerprint density at radius 2 is 1.89 bits per heavy atom. The van der Waals surface area contributed by atoms with Crippen LogP contribution >= 0.6 is 0 Å². The van der Waals surface area contributed by atoms with Gasteiger partial charge in [-0.2, -0.15) is 0 Å². The van der Waals surface area contributed by atoms with Crippen LogP contribution in [0.5, 0.6) is 5.75 Å². The lowest BCUT2D eigenvalue weighted by Crippen LogP contribution is -2.25. The SMILES string of the molecule is O=c1oc2c(CN[C@H]3CCCc4ccccc43)c(O)ccc2c2c1CCC2. The topological polar surface area (TPSA) is 62.5 Å². The van der Waals surface area contributed by atoms with Crippen LogP contribution in [0, 0.1) is 0 Å². The van der Waals surface area contributed by atoms with E-state index in [1.165, 1.54) is 11.1 Å². The average Bonchev–Trinajstić information content (AvgIpc) is 3.18. The molecule has 2 aromatic carbocycles. The van der Waals surface area contributed by atoms with Gasteiger partial charge in [-0.3, -0.25) is 0 Å². The molecule has 4 nitrogen and oxygen atoms in total. The number of aryl methyl sites for hydroxylation is 2. The van der Waals surface area contributed by atoms with Crippen LogP contribution in [-0.2, 0) is 25.8 Å². The van der Waals surface area contributed by atoms with Crippen molar-refractivity contribution in [3.05, 3.63) is 74.6 Å². The molecule has 2 N–H and O–H groups in total. The van der Waals surface area contributed by atoms with Gasteiger partial charge in [-0.25, -0.2) is 4.79 Å². The number of rotatable bonds is 3. The van der Waals surface area contributed by atoms with E-state index in [-0.39, 0.29) is 17.4 Å². The molecule has 0 saturated heterocycles. The zero-order valence-corrected chi connectivity index (χ0v) is 15.3. The number of hydrogen-bond donors (Lipinski definition) is 2. The number of aromatic hydroxyl groups is 1. The van der Waals surface area contributed by atoms with E-state index in [0.29, 0.717) is 17.7 Å². The number of benzene rings is 2. The van der Waals surface area contributed by atoms with Crippen LogP contribution < -0.4 is 10.9 Å². The first-order valence-corrected chi connectivity index (χ1v) is 9.83. The summed E-state index contributed by atoms with van der Waals surface area (Å²) in [7, 11) is 0. The van der Waals surface area contributed by atoms with E-state index in [1.54, 1.807) is 6.07 Å². The van der Waals surface area contributed by atoms with Gasteiger partial charge in [-0.1, -0.05) is 24.3 Å². The molecule has 0 spiro atoms. The second-order valence-electron chi connectivity index (χ2n) is 7.66. The average molecular weight is 361 g/mol. The highest BCUT2D eigenvalue weighted by molar-refractivity contribution is 5.86. The van der Waals surface area contributed by atoms with Crippen LogP contribution in [0.4, 0.5) is 0 Å². The van der Waals surface area contributed by atoms with Crippen molar-refractivity contribution in [2.75, 3.05) is 0 Å². The summed E-state index contributed by atoms with van der Waals surface area (Å²) in [5.74, 6) is 0.181. The van der Waals surface area contributed by atoms with E-state index < -0.39 is 0 Å². The summed E-state index contributed by atoms with van der Waals surface area (Å²) in [4.78, 5) is 12.4. The number of phenols is 1. The van der Waals surface area contributed by atoms with Crippen molar-refractivity contribution in [3.63, 3.8) is 0 Å². The van der Waals surface area contributed by atoms with Crippen LogP contribution in [0.1, 0.15) is 53.1 Å². The van der Waals surface area contributed by atoms with E-state index in [0.717, 1.165) is 55.0 Å². The molecule has 3 aromatic rings. The molecule has 5 rings (SSSR count). The highest BCUT2D eigenvalue weighted by atomic mass is 16.4. The van der Waals surface area contributed by atoms with E-state index >= 15 is 0 Å². The number of phenolic OH excluding ortho intramolecular Hbond substituents is 1. The molecule has 0 radical (unpaired) electrons. The Morgan fingerprint density at radius 3 is 2.81 bits per heavy atom. The molecule has 27 heavy (non-hydrogen) atoms. The first kappa shape index (κ1) is 16.6. The molecule has 138 valence electrons. The normalized spacial score (nSPS) is 18.4. The minimum Gasteiger partial charge on any atom is -0.507 e. The van der Waals surface area contributed by atoms with Crippen LogP contribution in [0.2, 0.25) is 0 Å². The van der Waals surface area contributed by atoms with Crippen molar-refractivity contribution < 1.29 is 9.52 Å². The quantitative estimate of drug-likeness (QED) is 0.688. The lowest BCUT2D eigenvalue weighted by molar-refractivity contribution is 0.434. The van der Waals surface area contributed by atoms with Crippen molar-refractivity contribution in [2.45, 2.75) is 51.1 Å². The largest absolute Gasteiger partial charge is 0.507 e. The Labute approximate surface area is 157 Å². The summed E-state index contributed by atoms with van der Waals surface area (Å²) in [6.45, 7) is 0.476. The highest BCUT2D eigenvalue weighted by Gasteiger charge is 2.24. The zero-order chi connectivity index (χ0) is 18.4. The molecule has 0 saturated carbocycles. The van der Waals surface area contributed by atoms with Gasteiger partial charge in [0.25, 0.3) is 0 Å². The second kappa shape index (κ2) is 6.54. The van der Waals surface area contributed by atoms with Gasteiger partial charge in [-0.05, 0) is 67.3 Å². The lowest BCUT2D eigenvalue weighted by atomic mass is 9.87. The maximum atomic E-state index is 12.4. The third-order valence-corrected chi connectivity index (χ3v) is 6.11. The maximum Gasteiger partial charge on any atom is 0.339 e. The fourth-order valence-electron chi connectivity index (χ4n) is 4.75. The molecule has 0 amide bonds. The zero-order valence-electron chi connectivity index (χ0n) is 15.3.